The smallest absolute Gasteiger partial charge is 0.224 e. The number of anilines is 1. The highest BCUT2D eigenvalue weighted by Gasteiger charge is 2.18. The van der Waals surface area contributed by atoms with E-state index < -0.39 is 5.82 Å². The van der Waals surface area contributed by atoms with Crippen molar-refractivity contribution in [2.45, 2.75) is 13.3 Å². The highest BCUT2D eigenvalue weighted by atomic mass is 19.1. The van der Waals surface area contributed by atoms with Crippen molar-refractivity contribution in [2.24, 2.45) is 0 Å². The Labute approximate surface area is 240 Å². The number of pyridine rings is 3. The number of nitrogens with one attached hydrogen (secondary N) is 3. The standard InChI is InChI=1S/C30H28FN9O2/c1-4-26(41)35-20-10-18(14-32-15-20)24-13-23-25(16-34-24)38-39-28(23)30-36-27-22(5-6-33-29(27)37-30)17-9-19(31)12-21(11-17)42-8-7-40(2)3/h5-6,9-16H,4,7-8H2,1-3H3,(H,35,41)(H,38,39)(H,33,36,37). The van der Waals surface area contributed by atoms with Crippen molar-refractivity contribution >= 4 is 33.7 Å². The number of likely N-dealkylation sites (N-methyl/N-ethyl adjacent to an activating group) is 1. The van der Waals surface area contributed by atoms with Gasteiger partial charge in [-0.05, 0) is 50.0 Å². The lowest BCUT2D eigenvalue weighted by atomic mass is 10.1. The van der Waals surface area contributed by atoms with Gasteiger partial charge < -0.3 is 19.9 Å². The normalized spacial score (nSPS) is 11.5. The summed E-state index contributed by atoms with van der Waals surface area (Å²) < 4.78 is 20.4. The van der Waals surface area contributed by atoms with Crippen LogP contribution in [0.3, 0.4) is 0 Å². The third kappa shape index (κ3) is 5.52. The van der Waals surface area contributed by atoms with E-state index >= 15 is 0 Å². The maximum absolute atomic E-state index is 14.6. The van der Waals surface area contributed by atoms with Crippen LogP contribution in [0, 0.1) is 5.82 Å². The van der Waals surface area contributed by atoms with Crippen molar-refractivity contribution in [3.63, 3.8) is 0 Å². The molecule has 0 unspecified atom stereocenters. The van der Waals surface area contributed by atoms with E-state index in [4.69, 9.17) is 9.72 Å². The number of rotatable bonds is 9. The molecule has 5 aromatic heterocycles. The lowest BCUT2D eigenvalue weighted by Gasteiger charge is -2.12. The lowest BCUT2D eigenvalue weighted by molar-refractivity contribution is -0.115. The van der Waals surface area contributed by atoms with Gasteiger partial charge in [0, 0.05) is 47.9 Å². The van der Waals surface area contributed by atoms with E-state index in [9.17, 15) is 9.18 Å². The van der Waals surface area contributed by atoms with Crippen LogP contribution in [-0.2, 0) is 4.79 Å². The average molecular weight is 566 g/mol. The number of H-pyrrole nitrogens is 2. The topological polar surface area (TPSA) is 138 Å². The number of carbonyl (C=O) groups excluding carboxylic acids is 1. The fourth-order valence-corrected chi connectivity index (χ4v) is 4.56. The first-order valence-electron chi connectivity index (χ1n) is 13.4. The highest BCUT2D eigenvalue weighted by Crippen LogP contribution is 2.33. The van der Waals surface area contributed by atoms with E-state index in [1.165, 1.54) is 12.1 Å². The summed E-state index contributed by atoms with van der Waals surface area (Å²) in [4.78, 5) is 35.2. The van der Waals surface area contributed by atoms with Gasteiger partial charge in [-0.3, -0.25) is 19.9 Å². The molecule has 11 nitrogen and oxygen atoms in total. The Hall–Kier alpha value is -5.23. The predicted octanol–water partition coefficient (Wildman–Crippen LogP) is 5.05. The molecule has 0 saturated heterocycles. The summed E-state index contributed by atoms with van der Waals surface area (Å²) in [5, 5.41) is 11.1. The average Bonchev–Trinajstić information content (AvgIpc) is 3.60. The van der Waals surface area contributed by atoms with E-state index in [1.54, 1.807) is 43.8 Å². The Kier molecular flexibility index (Phi) is 7.28. The van der Waals surface area contributed by atoms with E-state index in [-0.39, 0.29) is 5.91 Å². The van der Waals surface area contributed by atoms with Crippen LogP contribution in [0.4, 0.5) is 10.1 Å². The maximum atomic E-state index is 14.6. The molecule has 12 heteroatoms. The number of carbonyl (C=O) groups is 1. The molecule has 0 spiro atoms. The highest BCUT2D eigenvalue weighted by molar-refractivity contribution is 5.97. The van der Waals surface area contributed by atoms with Gasteiger partial charge in [-0.15, -0.1) is 0 Å². The molecule has 0 radical (unpaired) electrons. The first-order chi connectivity index (χ1) is 20.4. The molecule has 1 amide bonds. The number of halogens is 1. The summed E-state index contributed by atoms with van der Waals surface area (Å²) in [5.41, 5.74) is 5.72. The Morgan fingerprint density at radius 2 is 1.95 bits per heavy atom. The minimum atomic E-state index is -0.404. The van der Waals surface area contributed by atoms with Gasteiger partial charge in [0.1, 0.15) is 29.4 Å². The van der Waals surface area contributed by atoms with Crippen LogP contribution in [0.5, 0.6) is 5.75 Å². The second-order valence-corrected chi connectivity index (χ2v) is 10.0. The van der Waals surface area contributed by atoms with Gasteiger partial charge in [0.05, 0.1) is 29.3 Å². The molecule has 0 aliphatic heterocycles. The quantitative estimate of drug-likeness (QED) is 0.221. The van der Waals surface area contributed by atoms with Gasteiger partial charge >= 0.3 is 0 Å². The third-order valence-electron chi connectivity index (χ3n) is 6.68. The van der Waals surface area contributed by atoms with E-state index in [1.807, 2.05) is 31.1 Å². The zero-order valence-corrected chi connectivity index (χ0v) is 23.3. The van der Waals surface area contributed by atoms with Crippen LogP contribution in [-0.4, -0.2) is 73.2 Å². The molecule has 1 aromatic carbocycles. The van der Waals surface area contributed by atoms with Crippen molar-refractivity contribution < 1.29 is 13.9 Å². The predicted molar refractivity (Wildman–Crippen MR) is 158 cm³/mol. The number of amides is 1. The molecule has 5 heterocycles. The van der Waals surface area contributed by atoms with Crippen LogP contribution in [0.15, 0.2) is 61.2 Å². The molecule has 0 fully saturated rings. The van der Waals surface area contributed by atoms with E-state index in [0.717, 1.165) is 16.5 Å². The number of aromatic amines is 2. The fourth-order valence-electron chi connectivity index (χ4n) is 4.56. The zero-order chi connectivity index (χ0) is 29.2. The van der Waals surface area contributed by atoms with E-state index in [0.29, 0.717) is 70.5 Å². The van der Waals surface area contributed by atoms with Crippen molar-refractivity contribution in [3.8, 4) is 39.7 Å². The summed E-state index contributed by atoms with van der Waals surface area (Å²) in [6, 6.07) is 10.1. The molecule has 42 heavy (non-hydrogen) atoms. The monoisotopic (exact) mass is 565 g/mol. The van der Waals surface area contributed by atoms with Crippen LogP contribution in [0.25, 0.3) is 56.0 Å². The number of hydrogen-bond donors (Lipinski definition) is 3. The van der Waals surface area contributed by atoms with Crippen molar-refractivity contribution in [1.82, 2.24) is 40.0 Å². The number of hydrogen-bond acceptors (Lipinski definition) is 8. The van der Waals surface area contributed by atoms with Gasteiger partial charge in [-0.1, -0.05) is 6.92 Å². The van der Waals surface area contributed by atoms with Gasteiger partial charge in [0.25, 0.3) is 0 Å². The number of ether oxygens (including phenoxy) is 1. The lowest BCUT2D eigenvalue weighted by Crippen LogP contribution is -2.19. The molecule has 6 aromatic rings. The molecule has 0 bridgehead atoms. The zero-order valence-electron chi connectivity index (χ0n) is 23.3. The Morgan fingerprint density at radius 3 is 2.79 bits per heavy atom. The van der Waals surface area contributed by atoms with Crippen molar-refractivity contribution in [2.75, 3.05) is 32.6 Å². The summed E-state index contributed by atoms with van der Waals surface area (Å²) in [7, 11) is 3.90. The van der Waals surface area contributed by atoms with E-state index in [2.05, 4.69) is 35.5 Å². The number of benzene rings is 1. The molecule has 0 saturated carbocycles. The maximum Gasteiger partial charge on any atom is 0.224 e. The van der Waals surface area contributed by atoms with Crippen LogP contribution >= 0.6 is 0 Å². The minimum absolute atomic E-state index is 0.0985. The Balaban J connectivity index is 1.36. The molecule has 0 aliphatic rings. The molecule has 6 rings (SSSR count). The van der Waals surface area contributed by atoms with Crippen molar-refractivity contribution in [3.05, 3.63) is 67.0 Å². The fraction of sp³-hybridized carbons (Fsp3) is 0.200. The minimum Gasteiger partial charge on any atom is -0.492 e. The van der Waals surface area contributed by atoms with Gasteiger partial charge in [-0.25, -0.2) is 14.4 Å². The molecular weight excluding hydrogens is 537 g/mol. The summed E-state index contributed by atoms with van der Waals surface area (Å²) in [6.45, 7) is 2.93. The Bertz CT molecular complexity index is 1910. The van der Waals surface area contributed by atoms with Crippen molar-refractivity contribution in [1.29, 1.82) is 0 Å². The largest absolute Gasteiger partial charge is 0.492 e. The SMILES string of the molecule is CCC(=O)Nc1cncc(-c2cc3c(-c4nc5c(-c6cc(F)cc(OCCN(C)C)c6)ccnc5[nH]4)n[nH]c3cn2)c1. The number of imidazole rings is 1. The molecule has 212 valence electrons. The molecule has 0 atom stereocenters. The third-order valence-corrected chi connectivity index (χ3v) is 6.68. The number of fused-ring (bicyclic) bond motifs is 2. The molecule has 3 N–H and O–H groups in total. The van der Waals surface area contributed by atoms with Gasteiger partial charge in [-0.2, -0.15) is 5.10 Å². The summed E-state index contributed by atoms with van der Waals surface area (Å²) in [5.74, 6) is 0.436. The first kappa shape index (κ1) is 27.0. The van der Waals surface area contributed by atoms with Gasteiger partial charge in [0.15, 0.2) is 11.5 Å². The number of aromatic nitrogens is 7. The Morgan fingerprint density at radius 1 is 1.07 bits per heavy atom. The van der Waals surface area contributed by atoms with Crippen LogP contribution in [0.2, 0.25) is 0 Å². The summed E-state index contributed by atoms with van der Waals surface area (Å²) >= 11 is 0. The van der Waals surface area contributed by atoms with Crippen LogP contribution in [0.1, 0.15) is 13.3 Å². The molecule has 0 aliphatic carbocycles. The van der Waals surface area contributed by atoms with Crippen LogP contribution < -0.4 is 10.1 Å². The second kappa shape index (κ2) is 11.3. The molecular formula is C30H28FN9O2. The van der Waals surface area contributed by atoms with Gasteiger partial charge in [0.2, 0.25) is 5.91 Å². The second-order valence-electron chi connectivity index (χ2n) is 10.0. The first-order valence-corrected chi connectivity index (χ1v) is 13.4. The number of nitrogens with zero attached hydrogens (tertiary/aromatic N) is 6. The summed E-state index contributed by atoms with van der Waals surface area (Å²) in [6.07, 6.45) is 6.99.